The van der Waals surface area contributed by atoms with Crippen LogP contribution in [0.2, 0.25) is 0 Å². The van der Waals surface area contributed by atoms with Crippen LogP contribution in [-0.2, 0) is 4.79 Å². The van der Waals surface area contributed by atoms with E-state index in [2.05, 4.69) is 27.1 Å². The second-order valence-electron chi connectivity index (χ2n) is 7.28. The van der Waals surface area contributed by atoms with E-state index in [1.807, 2.05) is 19.9 Å². The summed E-state index contributed by atoms with van der Waals surface area (Å²) < 4.78 is 0. The maximum Gasteiger partial charge on any atom is 0.225 e. The van der Waals surface area contributed by atoms with E-state index in [9.17, 15) is 4.79 Å². The number of anilines is 1. The van der Waals surface area contributed by atoms with Gasteiger partial charge >= 0.3 is 0 Å². The van der Waals surface area contributed by atoms with Gasteiger partial charge in [-0.25, -0.2) is 9.97 Å². The van der Waals surface area contributed by atoms with Gasteiger partial charge in [-0.05, 0) is 64.4 Å². The van der Waals surface area contributed by atoms with Gasteiger partial charge in [0.05, 0.1) is 0 Å². The van der Waals surface area contributed by atoms with Crippen molar-refractivity contribution in [2.75, 3.05) is 18.0 Å². The van der Waals surface area contributed by atoms with Crippen molar-refractivity contribution in [3.05, 3.63) is 17.5 Å². The summed E-state index contributed by atoms with van der Waals surface area (Å²) in [6, 6.07) is 2.35. The molecule has 5 heteroatoms. The van der Waals surface area contributed by atoms with Gasteiger partial charge in [-0.15, -0.1) is 0 Å². The zero-order valence-corrected chi connectivity index (χ0v) is 14.5. The van der Waals surface area contributed by atoms with Crippen molar-refractivity contribution in [2.24, 2.45) is 11.8 Å². The molecule has 2 fully saturated rings. The van der Waals surface area contributed by atoms with E-state index >= 15 is 0 Å². The summed E-state index contributed by atoms with van der Waals surface area (Å²) in [4.78, 5) is 23.5. The summed E-state index contributed by atoms with van der Waals surface area (Å²) in [6.07, 6.45) is 5.30. The van der Waals surface area contributed by atoms with Crippen molar-refractivity contribution in [3.63, 3.8) is 0 Å². The molecule has 2 aliphatic rings. The number of carbonyl (C=O) groups is 1. The van der Waals surface area contributed by atoms with Gasteiger partial charge in [0.15, 0.2) is 0 Å². The molecule has 23 heavy (non-hydrogen) atoms. The smallest absolute Gasteiger partial charge is 0.225 e. The predicted molar refractivity (Wildman–Crippen MR) is 91.4 cm³/mol. The Hall–Kier alpha value is -1.65. The standard InChI is InChI=1S/C18H28N4O/c1-12-10-13(2)20-18(19-12)22-8-6-15(7-9-22)11-17(23)21-14(3)16-4-5-16/h10,14-16H,4-9,11H2,1-3H3,(H,21,23). The molecule has 3 rings (SSSR count). The SMILES string of the molecule is Cc1cc(C)nc(N2CCC(CC(=O)NC(C)C3CC3)CC2)n1. The van der Waals surface area contributed by atoms with E-state index in [1.165, 1.54) is 12.8 Å². The molecule has 126 valence electrons. The summed E-state index contributed by atoms with van der Waals surface area (Å²) in [5.74, 6) is 2.28. The normalized spacial score (nSPS) is 20.4. The summed E-state index contributed by atoms with van der Waals surface area (Å²) in [6.45, 7) is 8.04. The van der Waals surface area contributed by atoms with E-state index < -0.39 is 0 Å². The molecule has 2 heterocycles. The average Bonchev–Trinajstić information content (AvgIpc) is 3.31. The third-order valence-electron chi connectivity index (χ3n) is 5.06. The van der Waals surface area contributed by atoms with Gasteiger partial charge in [-0.3, -0.25) is 4.79 Å². The first kappa shape index (κ1) is 16.2. The second-order valence-corrected chi connectivity index (χ2v) is 7.28. The molecule has 5 nitrogen and oxygen atoms in total. The summed E-state index contributed by atoms with van der Waals surface area (Å²) in [7, 11) is 0. The second kappa shape index (κ2) is 6.85. The first-order valence-electron chi connectivity index (χ1n) is 8.88. The number of nitrogens with zero attached hydrogens (tertiary/aromatic N) is 3. The highest BCUT2D eigenvalue weighted by Gasteiger charge is 2.30. The van der Waals surface area contributed by atoms with Gasteiger partial charge in [0, 0.05) is 36.9 Å². The molecule has 1 saturated carbocycles. The molecule has 1 N–H and O–H groups in total. The van der Waals surface area contributed by atoms with Gasteiger partial charge in [-0.1, -0.05) is 0 Å². The van der Waals surface area contributed by atoms with E-state index in [1.54, 1.807) is 0 Å². The van der Waals surface area contributed by atoms with Gasteiger partial charge in [-0.2, -0.15) is 0 Å². The molecule has 1 aliphatic heterocycles. The van der Waals surface area contributed by atoms with E-state index in [-0.39, 0.29) is 5.91 Å². The van der Waals surface area contributed by atoms with Crippen LogP contribution in [0.5, 0.6) is 0 Å². The van der Waals surface area contributed by atoms with Crippen LogP contribution in [0.1, 0.15) is 50.4 Å². The fourth-order valence-corrected chi connectivity index (χ4v) is 3.47. The van der Waals surface area contributed by atoms with Crippen LogP contribution in [0.15, 0.2) is 6.07 Å². The van der Waals surface area contributed by atoms with Crippen molar-refractivity contribution in [1.82, 2.24) is 15.3 Å². The zero-order valence-electron chi connectivity index (χ0n) is 14.5. The number of hydrogen-bond acceptors (Lipinski definition) is 4. The Balaban J connectivity index is 1.47. The number of hydrogen-bond donors (Lipinski definition) is 1. The van der Waals surface area contributed by atoms with Gasteiger partial charge in [0.2, 0.25) is 11.9 Å². The molecule has 0 aromatic carbocycles. The number of aromatic nitrogens is 2. The van der Waals surface area contributed by atoms with Crippen molar-refractivity contribution in [1.29, 1.82) is 0 Å². The van der Waals surface area contributed by atoms with Crippen LogP contribution in [0.4, 0.5) is 5.95 Å². The minimum atomic E-state index is 0.227. The van der Waals surface area contributed by atoms with Crippen LogP contribution >= 0.6 is 0 Å². The lowest BCUT2D eigenvalue weighted by Crippen LogP contribution is -2.39. The van der Waals surface area contributed by atoms with Gasteiger partial charge in [0.25, 0.3) is 0 Å². The minimum absolute atomic E-state index is 0.227. The monoisotopic (exact) mass is 316 g/mol. The Bertz CT molecular complexity index is 542. The first-order valence-corrected chi connectivity index (χ1v) is 8.88. The van der Waals surface area contributed by atoms with E-state index in [0.717, 1.165) is 49.2 Å². The van der Waals surface area contributed by atoms with Crippen molar-refractivity contribution >= 4 is 11.9 Å². The topological polar surface area (TPSA) is 58.1 Å². The molecule has 1 atom stereocenters. The van der Waals surface area contributed by atoms with Crippen LogP contribution in [-0.4, -0.2) is 35.0 Å². The lowest BCUT2D eigenvalue weighted by Gasteiger charge is -2.32. The molecule has 1 saturated heterocycles. The highest BCUT2D eigenvalue weighted by Crippen LogP contribution is 2.32. The quantitative estimate of drug-likeness (QED) is 0.907. The van der Waals surface area contributed by atoms with E-state index in [4.69, 9.17) is 0 Å². The Morgan fingerprint density at radius 3 is 2.39 bits per heavy atom. The molecule has 0 bridgehead atoms. The third-order valence-corrected chi connectivity index (χ3v) is 5.06. The average molecular weight is 316 g/mol. The maximum atomic E-state index is 12.1. The third kappa shape index (κ3) is 4.43. The molecule has 1 unspecified atom stereocenters. The van der Waals surface area contributed by atoms with Crippen molar-refractivity contribution in [2.45, 2.75) is 58.9 Å². The summed E-state index contributed by atoms with van der Waals surface area (Å²) >= 11 is 0. The Kier molecular flexibility index (Phi) is 4.83. The molecular weight excluding hydrogens is 288 g/mol. The van der Waals surface area contributed by atoms with Gasteiger partial charge < -0.3 is 10.2 Å². The number of piperidine rings is 1. The number of amides is 1. The zero-order chi connectivity index (χ0) is 16.4. The number of aryl methyl sites for hydroxylation is 2. The molecule has 1 aromatic rings. The molecule has 1 aliphatic carbocycles. The van der Waals surface area contributed by atoms with E-state index in [0.29, 0.717) is 18.4 Å². The number of carbonyl (C=O) groups excluding carboxylic acids is 1. The molecular formula is C18H28N4O. The Labute approximate surface area is 138 Å². The Morgan fingerprint density at radius 2 is 1.83 bits per heavy atom. The highest BCUT2D eigenvalue weighted by molar-refractivity contribution is 5.76. The predicted octanol–water partition coefficient (Wildman–Crippen LogP) is 2.61. The first-order chi connectivity index (χ1) is 11.0. The summed E-state index contributed by atoms with van der Waals surface area (Å²) in [5, 5.41) is 3.17. The molecule has 0 radical (unpaired) electrons. The maximum absolute atomic E-state index is 12.1. The molecule has 0 spiro atoms. The molecule has 1 amide bonds. The van der Waals surface area contributed by atoms with Crippen LogP contribution in [0.3, 0.4) is 0 Å². The highest BCUT2D eigenvalue weighted by atomic mass is 16.1. The summed E-state index contributed by atoms with van der Waals surface area (Å²) in [5.41, 5.74) is 2.03. The Morgan fingerprint density at radius 1 is 1.22 bits per heavy atom. The molecule has 1 aromatic heterocycles. The van der Waals surface area contributed by atoms with Crippen molar-refractivity contribution < 1.29 is 4.79 Å². The van der Waals surface area contributed by atoms with Crippen LogP contribution in [0, 0.1) is 25.7 Å². The van der Waals surface area contributed by atoms with Gasteiger partial charge in [0.1, 0.15) is 0 Å². The lowest BCUT2D eigenvalue weighted by atomic mass is 9.93. The van der Waals surface area contributed by atoms with Crippen LogP contribution < -0.4 is 10.2 Å². The van der Waals surface area contributed by atoms with Crippen molar-refractivity contribution in [3.8, 4) is 0 Å². The minimum Gasteiger partial charge on any atom is -0.353 e. The number of nitrogens with one attached hydrogen (secondary N) is 1. The lowest BCUT2D eigenvalue weighted by molar-refractivity contribution is -0.122. The number of rotatable bonds is 5. The largest absolute Gasteiger partial charge is 0.353 e. The fraction of sp³-hybridized carbons (Fsp3) is 0.722. The van der Waals surface area contributed by atoms with Crippen LogP contribution in [0.25, 0.3) is 0 Å². The fourth-order valence-electron chi connectivity index (χ4n) is 3.47.